The first-order chi connectivity index (χ1) is 6.47. The number of aliphatic carboxylic acids is 1. The second-order valence-electron chi connectivity index (χ2n) is 3.68. The number of nitriles is 1. The fraction of sp³-hybridized carbons (Fsp3) is 0.444. The Morgan fingerprint density at radius 3 is 2.93 bits per heavy atom. The van der Waals surface area contributed by atoms with Gasteiger partial charge in [0.2, 0.25) is 5.82 Å². The van der Waals surface area contributed by atoms with Crippen molar-refractivity contribution >= 4 is 5.97 Å². The van der Waals surface area contributed by atoms with Crippen molar-refractivity contribution < 1.29 is 9.90 Å². The number of carboxylic acids is 1. The van der Waals surface area contributed by atoms with Crippen LogP contribution in [0.2, 0.25) is 0 Å². The van der Waals surface area contributed by atoms with E-state index >= 15 is 0 Å². The maximum Gasteiger partial charge on any atom is 0.310 e. The van der Waals surface area contributed by atoms with Gasteiger partial charge in [0.25, 0.3) is 0 Å². The lowest BCUT2D eigenvalue weighted by Crippen LogP contribution is -2.29. The van der Waals surface area contributed by atoms with Gasteiger partial charge in [-0.3, -0.25) is 4.79 Å². The molecule has 14 heavy (non-hydrogen) atoms. The van der Waals surface area contributed by atoms with Crippen LogP contribution in [0.15, 0.2) is 12.4 Å². The number of imidazole rings is 1. The van der Waals surface area contributed by atoms with Crippen molar-refractivity contribution in [2.45, 2.75) is 20.4 Å². The molecule has 74 valence electrons. The first-order valence-corrected chi connectivity index (χ1v) is 4.12. The van der Waals surface area contributed by atoms with E-state index in [0.29, 0.717) is 0 Å². The van der Waals surface area contributed by atoms with Gasteiger partial charge in [-0.05, 0) is 13.8 Å². The summed E-state index contributed by atoms with van der Waals surface area (Å²) in [5, 5.41) is 17.5. The lowest BCUT2D eigenvalue weighted by atomic mass is 9.94. The van der Waals surface area contributed by atoms with Crippen LogP contribution in [0.1, 0.15) is 19.7 Å². The average molecular weight is 193 g/mol. The normalized spacial score (nSPS) is 10.9. The maximum atomic E-state index is 10.8. The molecule has 0 atom stereocenters. The average Bonchev–Trinajstić information content (AvgIpc) is 2.50. The van der Waals surface area contributed by atoms with Crippen molar-refractivity contribution in [3.8, 4) is 6.07 Å². The Labute approximate surface area is 81.6 Å². The molecule has 1 aromatic heterocycles. The zero-order valence-corrected chi connectivity index (χ0v) is 8.06. The van der Waals surface area contributed by atoms with Crippen LogP contribution >= 0.6 is 0 Å². The molecule has 0 aromatic carbocycles. The van der Waals surface area contributed by atoms with Crippen molar-refractivity contribution in [2.24, 2.45) is 5.41 Å². The summed E-state index contributed by atoms with van der Waals surface area (Å²) in [6.45, 7) is 3.46. The molecule has 0 unspecified atom stereocenters. The summed E-state index contributed by atoms with van der Waals surface area (Å²) < 4.78 is 1.54. The number of hydrogen-bond donors (Lipinski definition) is 1. The Hall–Kier alpha value is -1.83. The van der Waals surface area contributed by atoms with Crippen LogP contribution in [0.4, 0.5) is 0 Å². The zero-order valence-electron chi connectivity index (χ0n) is 8.06. The number of nitrogens with zero attached hydrogens (tertiary/aromatic N) is 3. The molecule has 5 heteroatoms. The quantitative estimate of drug-likeness (QED) is 0.772. The van der Waals surface area contributed by atoms with Gasteiger partial charge in [-0.1, -0.05) is 0 Å². The highest BCUT2D eigenvalue weighted by Gasteiger charge is 2.28. The van der Waals surface area contributed by atoms with E-state index in [2.05, 4.69) is 4.98 Å². The predicted molar refractivity (Wildman–Crippen MR) is 48.4 cm³/mol. The van der Waals surface area contributed by atoms with Gasteiger partial charge < -0.3 is 9.67 Å². The molecule has 1 heterocycles. The zero-order chi connectivity index (χ0) is 10.8. The molecule has 0 saturated heterocycles. The van der Waals surface area contributed by atoms with Crippen molar-refractivity contribution in [3.63, 3.8) is 0 Å². The van der Waals surface area contributed by atoms with Crippen LogP contribution in [0.3, 0.4) is 0 Å². The lowest BCUT2D eigenvalue weighted by Gasteiger charge is -2.19. The summed E-state index contributed by atoms with van der Waals surface area (Å²) >= 11 is 0. The van der Waals surface area contributed by atoms with E-state index in [1.165, 1.54) is 10.8 Å². The molecule has 0 amide bonds. The van der Waals surface area contributed by atoms with Crippen LogP contribution in [-0.2, 0) is 11.3 Å². The summed E-state index contributed by atoms with van der Waals surface area (Å²) in [7, 11) is 0. The lowest BCUT2D eigenvalue weighted by molar-refractivity contribution is -0.147. The third-order valence-electron chi connectivity index (χ3n) is 1.96. The van der Waals surface area contributed by atoms with E-state index in [0.717, 1.165) is 0 Å². The van der Waals surface area contributed by atoms with Gasteiger partial charge >= 0.3 is 5.97 Å². The van der Waals surface area contributed by atoms with Crippen LogP contribution in [-0.4, -0.2) is 20.6 Å². The van der Waals surface area contributed by atoms with Crippen molar-refractivity contribution in [2.75, 3.05) is 0 Å². The number of aromatic nitrogens is 2. The first kappa shape index (κ1) is 10.3. The van der Waals surface area contributed by atoms with Crippen LogP contribution < -0.4 is 0 Å². The molecule has 1 rings (SSSR count). The van der Waals surface area contributed by atoms with Gasteiger partial charge in [0, 0.05) is 18.9 Å². The summed E-state index contributed by atoms with van der Waals surface area (Å²) in [6, 6.07) is 1.90. The topological polar surface area (TPSA) is 78.9 Å². The Balaban J connectivity index is 2.90. The van der Waals surface area contributed by atoms with Gasteiger partial charge in [0.1, 0.15) is 6.07 Å². The van der Waals surface area contributed by atoms with E-state index in [1.54, 1.807) is 20.0 Å². The monoisotopic (exact) mass is 193 g/mol. The fourth-order valence-electron chi connectivity index (χ4n) is 1.04. The van der Waals surface area contributed by atoms with Crippen LogP contribution in [0, 0.1) is 16.7 Å². The molecule has 1 aromatic rings. The van der Waals surface area contributed by atoms with Crippen LogP contribution in [0.5, 0.6) is 0 Å². The Bertz CT molecular complexity index is 387. The Morgan fingerprint density at radius 2 is 2.43 bits per heavy atom. The van der Waals surface area contributed by atoms with Gasteiger partial charge in [0.15, 0.2) is 0 Å². The van der Waals surface area contributed by atoms with E-state index < -0.39 is 11.4 Å². The predicted octanol–water partition coefficient (Wildman–Crippen LogP) is 0.866. The summed E-state index contributed by atoms with van der Waals surface area (Å²) in [4.78, 5) is 14.6. The second-order valence-corrected chi connectivity index (χ2v) is 3.68. The second kappa shape index (κ2) is 3.50. The molecule has 1 N–H and O–H groups in total. The van der Waals surface area contributed by atoms with Gasteiger partial charge in [0.05, 0.1) is 5.41 Å². The molecule has 0 radical (unpaired) electrons. The summed E-state index contributed by atoms with van der Waals surface area (Å²) in [5.74, 6) is -0.658. The summed E-state index contributed by atoms with van der Waals surface area (Å²) in [5.41, 5.74) is -0.897. The molecular formula is C9H11N3O2. The first-order valence-electron chi connectivity index (χ1n) is 4.12. The molecule has 0 aliphatic rings. The highest BCUT2D eigenvalue weighted by Crippen LogP contribution is 2.18. The minimum Gasteiger partial charge on any atom is -0.481 e. The van der Waals surface area contributed by atoms with E-state index in [4.69, 9.17) is 10.4 Å². The van der Waals surface area contributed by atoms with E-state index in [-0.39, 0.29) is 12.4 Å². The number of hydrogen-bond acceptors (Lipinski definition) is 3. The maximum absolute atomic E-state index is 10.8. The molecule has 0 spiro atoms. The molecule has 5 nitrogen and oxygen atoms in total. The standard InChI is InChI=1S/C9H11N3O2/c1-9(2,8(13)14)6-12-4-3-11-7(12)5-10/h3-4H,6H2,1-2H3,(H,13,14). The van der Waals surface area contributed by atoms with Gasteiger partial charge in [-0.2, -0.15) is 5.26 Å². The minimum atomic E-state index is -0.897. The van der Waals surface area contributed by atoms with Crippen LogP contribution in [0.25, 0.3) is 0 Å². The molecule has 0 aliphatic carbocycles. The van der Waals surface area contributed by atoms with E-state index in [1.807, 2.05) is 6.07 Å². The minimum absolute atomic E-state index is 0.235. The Morgan fingerprint density at radius 1 is 1.79 bits per heavy atom. The van der Waals surface area contributed by atoms with Gasteiger partial charge in [-0.25, -0.2) is 4.98 Å². The van der Waals surface area contributed by atoms with Gasteiger partial charge in [-0.15, -0.1) is 0 Å². The smallest absolute Gasteiger partial charge is 0.310 e. The number of carbonyl (C=O) groups is 1. The largest absolute Gasteiger partial charge is 0.481 e. The highest BCUT2D eigenvalue weighted by molar-refractivity contribution is 5.73. The molecule has 0 aliphatic heterocycles. The van der Waals surface area contributed by atoms with Crippen molar-refractivity contribution in [1.29, 1.82) is 5.26 Å². The molecule has 0 fully saturated rings. The number of rotatable bonds is 3. The van der Waals surface area contributed by atoms with Crippen molar-refractivity contribution in [3.05, 3.63) is 18.2 Å². The number of carboxylic acid groups (broad SMARTS) is 1. The molecule has 0 bridgehead atoms. The SMILES string of the molecule is CC(C)(Cn1ccnc1C#N)C(=O)O. The summed E-state index contributed by atoms with van der Waals surface area (Å²) in [6.07, 6.45) is 3.08. The molecule has 0 saturated carbocycles. The molecular weight excluding hydrogens is 182 g/mol. The highest BCUT2D eigenvalue weighted by atomic mass is 16.4. The third kappa shape index (κ3) is 1.91. The fourth-order valence-corrected chi connectivity index (χ4v) is 1.04. The third-order valence-corrected chi connectivity index (χ3v) is 1.96. The van der Waals surface area contributed by atoms with E-state index in [9.17, 15) is 4.79 Å². The van der Waals surface area contributed by atoms with Crippen molar-refractivity contribution in [1.82, 2.24) is 9.55 Å². The Kier molecular flexibility index (Phi) is 2.56.